The molecule has 1 saturated carbocycles. The highest BCUT2D eigenvalue weighted by Gasteiger charge is 2.27. The summed E-state index contributed by atoms with van der Waals surface area (Å²) < 4.78 is 0. The lowest BCUT2D eigenvalue weighted by Crippen LogP contribution is -2.37. The van der Waals surface area contributed by atoms with E-state index in [1.807, 2.05) is 0 Å². The number of rotatable bonds is 4. The Morgan fingerprint density at radius 3 is 2.33 bits per heavy atom. The van der Waals surface area contributed by atoms with Crippen molar-refractivity contribution >= 4 is 0 Å². The molecule has 1 unspecified atom stereocenters. The van der Waals surface area contributed by atoms with Crippen molar-refractivity contribution in [2.45, 2.75) is 65.0 Å². The molecular formula is C17H27N. The van der Waals surface area contributed by atoms with E-state index in [0.29, 0.717) is 17.5 Å². The predicted molar refractivity (Wildman–Crippen MR) is 78.6 cm³/mol. The fourth-order valence-corrected chi connectivity index (χ4v) is 2.99. The molecule has 1 aliphatic carbocycles. The van der Waals surface area contributed by atoms with Gasteiger partial charge in [0.15, 0.2) is 0 Å². The second-order valence-corrected chi connectivity index (χ2v) is 6.48. The lowest BCUT2D eigenvalue weighted by molar-refractivity contribution is 0.197. The van der Waals surface area contributed by atoms with Gasteiger partial charge >= 0.3 is 0 Å². The molecule has 1 nitrogen and oxygen atoms in total. The van der Waals surface area contributed by atoms with Gasteiger partial charge in [0.05, 0.1) is 0 Å². The molecule has 0 spiro atoms. The van der Waals surface area contributed by atoms with Crippen LogP contribution >= 0.6 is 0 Å². The van der Waals surface area contributed by atoms with E-state index >= 15 is 0 Å². The van der Waals surface area contributed by atoms with Crippen LogP contribution in [0.1, 0.15) is 64.5 Å². The Kier molecular flexibility index (Phi) is 4.45. The maximum atomic E-state index is 3.86. The Bertz CT molecular complexity index is 345. The molecule has 0 saturated heterocycles. The first-order chi connectivity index (χ1) is 8.61. The summed E-state index contributed by atoms with van der Waals surface area (Å²) in [5.74, 6) is 0. The first-order valence-electron chi connectivity index (χ1n) is 7.42. The zero-order valence-electron chi connectivity index (χ0n) is 12.1. The molecule has 1 aliphatic rings. The van der Waals surface area contributed by atoms with Gasteiger partial charge in [-0.3, -0.25) is 0 Å². The summed E-state index contributed by atoms with van der Waals surface area (Å²) in [5.41, 5.74) is 2.00. The van der Waals surface area contributed by atoms with Gasteiger partial charge in [-0.1, -0.05) is 51.1 Å². The highest BCUT2D eigenvalue weighted by atomic mass is 15.0. The van der Waals surface area contributed by atoms with E-state index < -0.39 is 0 Å². The van der Waals surface area contributed by atoms with Crippen LogP contribution < -0.4 is 5.32 Å². The maximum absolute atomic E-state index is 3.86. The van der Waals surface area contributed by atoms with Gasteiger partial charge in [-0.15, -0.1) is 0 Å². The molecule has 2 rings (SSSR count). The third kappa shape index (κ3) is 3.58. The predicted octanol–water partition coefficient (Wildman–Crippen LogP) is 4.70. The topological polar surface area (TPSA) is 12.0 Å². The highest BCUT2D eigenvalue weighted by Crippen LogP contribution is 2.35. The van der Waals surface area contributed by atoms with Crippen molar-refractivity contribution in [1.82, 2.24) is 5.32 Å². The fourth-order valence-electron chi connectivity index (χ4n) is 2.99. The first kappa shape index (κ1) is 13.6. The van der Waals surface area contributed by atoms with Gasteiger partial charge in [0.2, 0.25) is 0 Å². The molecule has 1 fully saturated rings. The molecule has 1 N–H and O–H groups in total. The second-order valence-electron chi connectivity index (χ2n) is 6.48. The van der Waals surface area contributed by atoms with Crippen LogP contribution in [0.25, 0.3) is 0 Å². The van der Waals surface area contributed by atoms with Crippen LogP contribution in [-0.2, 0) is 0 Å². The number of benzene rings is 1. The van der Waals surface area contributed by atoms with Crippen LogP contribution in [0.3, 0.4) is 0 Å². The monoisotopic (exact) mass is 245 g/mol. The number of nitrogens with one attached hydrogen (secondary N) is 1. The van der Waals surface area contributed by atoms with Crippen LogP contribution in [-0.4, -0.2) is 6.04 Å². The van der Waals surface area contributed by atoms with E-state index in [2.05, 4.69) is 56.4 Å². The smallest absolute Gasteiger partial charge is 0.0320 e. The standard InChI is InChI=1S/C17H27N/c1-4-16(14-8-6-5-7-9-14)18-15-10-12-17(2,3)13-11-15/h5-9,15-16,18H,4,10-13H2,1-3H3. The third-order valence-corrected chi connectivity index (χ3v) is 4.39. The summed E-state index contributed by atoms with van der Waals surface area (Å²) in [4.78, 5) is 0. The SMILES string of the molecule is CCC(NC1CCC(C)(C)CC1)c1ccccc1. The molecule has 0 radical (unpaired) electrons. The molecular weight excluding hydrogens is 218 g/mol. The minimum absolute atomic E-state index is 0.525. The summed E-state index contributed by atoms with van der Waals surface area (Å²) in [6, 6.07) is 12.1. The Labute approximate surface area is 112 Å². The molecule has 0 amide bonds. The molecule has 0 aromatic heterocycles. The van der Waals surface area contributed by atoms with Gasteiger partial charge in [0, 0.05) is 12.1 Å². The Hall–Kier alpha value is -0.820. The minimum Gasteiger partial charge on any atom is -0.307 e. The van der Waals surface area contributed by atoms with Crippen molar-refractivity contribution in [3.05, 3.63) is 35.9 Å². The molecule has 1 atom stereocenters. The fraction of sp³-hybridized carbons (Fsp3) is 0.647. The van der Waals surface area contributed by atoms with Crippen LogP contribution in [0.5, 0.6) is 0 Å². The minimum atomic E-state index is 0.525. The second kappa shape index (κ2) is 5.88. The molecule has 1 aromatic rings. The molecule has 18 heavy (non-hydrogen) atoms. The van der Waals surface area contributed by atoms with Crippen molar-refractivity contribution in [1.29, 1.82) is 0 Å². The van der Waals surface area contributed by atoms with Crippen LogP contribution in [0, 0.1) is 5.41 Å². The zero-order chi connectivity index (χ0) is 13.0. The lowest BCUT2D eigenvalue weighted by Gasteiger charge is -2.36. The van der Waals surface area contributed by atoms with E-state index in [0.717, 1.165) is 0 Å². The number of hydrogen-bond donors (Lipinski definition) is 1. The van der Waals surface area contributed by atoms with Gasteiger partial charge in [-0.2, -0.15) is 0 Å². The third-order valence-electron chi connectivity index (χ3n) is 4.39. The largest absolute Gasteiger partial charge is 0.307 e. The van der Waals surface area contributed by atoms with Crippen molar-refractivity contribution in [3.8, 4) is 0 Å². The van der Waals surface area contributed by atoms with Crippen molar-refractivity contribution < 1.29 is 0 Å². The van der Waals surface area contributed by atoms with E-state index in [1.165, 1.54) is 37.7 Å². The van der Waals surface area contributed by atoms with Gasteiger partial charge in [-0.05, 0) is 43.1 Å². The molecule has 0 bridgehead atoms. The van der Waals surface area contributed by atoms with Gasteiger partial charge in [0.1, 0.15) is 0 Å². The Morgan fingerprint density at radius 1 is 1.17 bits per heavy atom. The van der Waals surface area contributed by atoms with Crippen molar-refractivity contribution in [2.75, 3.05) is 0 Å². The summed E-state index contributed by atoms with van der Waals surface area (Å²) in [5, 5.41) is 3.86. The summed E-state index contributed by atoms with van der Waals surface area (Å²) in [6.07, 6.45) is 6.54. The molecule has 1 heteroatoms. The molecule has 100 valence electrons. The van der Waals surface area contributed by atoms with E-state index in [1.54, 1.807) is 0 Å². The molecule has 0 heterocycles. The quantitative estimate of drug-likeness (QED) is 0.811. The Morgan fingerprint density at radius 2 is 1.78 bits per heavy atom. The van der Waals surface area contributed by atoms with Crippen LogP contribution in [0.2, 0.25) is 0 Å². The average Bonchev–Trinajstić information content (AvgIpc) is 2.39. The maximum Gasteiger partial charge on any atom is 0.0320 e. The lowest BCUT2D eigenvalue weighted by atomic mass is 9.75. The van der Waals surface area contributed by atoms with Crippen LogP contribution in [0.4, 0.5) is 0 Å². The summed E-state index contributed by atoms with van der Waals surface area (Å²) >= 11 is 0. The summed E-state index contributed by atoms with van der Waals surface area (Å²) in [6.45, 7) is 7.08. The normalized spacial score (nSPS) is 21.7. The number of hydrogen-bond acceptors (Lipinski definition) is 1. The van der Waals surface area contributed by atoms with Gasteiger partial charge < -0.3 is 5.32 Å². The van der Waals surface area contributed by atoms with Crippen molar-refractivity contribution in [2.24, 2.45) is 5.41 Å². The van der Waals surface area contributed by atoms with E-state index in [-0.39, 0.29) is 0 Å². The average molecular weight is 245 g/mol. The van der Waals surface area contributed by atoms with Gasteiger partial charge in [0.25, 0.3) is 0 Å². The van der Waals surface area contributed by atoms with E-state index in [4.69, 9.17) is 0 Å². The first-order valence-corrected chi connectivity index (χ1v) is 7.42. The highest BCUT2D eigenvalue weighted by molar-refractivity contribution is 5.18. The van der Waals surface area contributed by atoms with Gasteiger partial charge in [-0.25, -0.2) is 0 Å². The zero-order valence-corrected chi connectivity index (χ0v) is 12.1. The summed E-state index contributed by atoms with van der Waals surface area (Å²) in [7, 11) is 0. The molecule has 1 aromatic carbocycles. The van der Waals surface area contributed by atoms with Crippen molar-refractivity contribution in [3.63, 3.8) is 0 Å². The Balaban J connectivity index is 1.92. The van der Waals surface area contributed by atoms with Crippen LogP contribution in [0.15, 0.2) is 30.3 Å². The molecule has 0 aliphatic heterocycles. The van der Waals surface area contributed by atoms with E-state index in [9.17, 15) is 0 Å².